The number of halogens is 1. The van der Waals surface area contributed by atoms with Gasteiger partial charge in [0.1, 0.15) is 10.8 Å². The Kier molecular flexibility index (Phi) is 5.61. The number of likely N-dealkylation sites (tertiary alicyclic amines) is 1. The van der Waals surface area contributed by atoms with Gasteiger partial charge in [-0.2, -0.15) is 0 Å². The first-order valence-electron chi connectivity index (χ1n) is 8.64. The fourth-order valence-corrected chi connectivity index (χ4v) is 3.89. The average Bonchev–Trinajstić information content (AvgIpc) is 3.23. The normalized spacial score (nSPS) is 16.9. The minimum absolute atomic E-state index is 0.114. The predicted octanol–water partition coefficient (Wildman–Crippen LogP) is 3.64. The minimum atomic E-state index is -0.433. The van der Waals surface area contributed by atoms with Crippen LogP contribution in [0.3, 0.4) is 0 Å². The fourth-order valence-electron chi connectivity index (χ4n) is 3.00. The molecule has 1 saturated heterocycles. The van der Waals surface area contributed by atoms with Gasteiger partial charge in [0.05, 0.1) is 6.04 Å². The van der Waals surface area contributed by atoms with Crippen molar-refractivity contribution in [2.75, 3.05) is 11.9 Å². The number of rotatable bonds is 5. The van der Waals surface area contributed by atoms with Gasteiger partial charge >= 0.3 is 0 Å². The Morgan fingerprint density at radius 2 is 2.19 bits per heavy atom. The molecule has 1 aromatic heterocycles. The van der Waals surface area contributed by atoms with Gasteiger partial charge in [-0.1, -0.05) is 31.3 Å². The molecule has 1 N–H and O–H groups in total. The third-order valence-corrected chi connectivity index (χ3v) is 5.18. The van der Waals surface area contributed by atoms with Crippen LogP contribution >= 0.6 is 11.3 Å². The van der Waals surface area contributed by atoms with E-state index in [1.54, 1.807) is 6.07 Å². The van der Waals surface area contributed by atoms with E-state index in [4.69, 9.17) is 0 Å². The Balaban J connectivity index is 1.70. The van der Waals surface area contributed by atoms with Gasteiger partial charge in [0, 0.05) is 18.7 Å². The van der Waals surface area contributed by atoms with E-state index in [1.807, 2.05) is 18.7 Å². The van der Waals surface area contributed by atoms with Gasteiger partial charge in [-0.15, -0.1) is 10.2 Å². The summed E-state index contributed by atoms with van der Waals surface area (Å²) in [5.74, 6) is -0.447. The molecule has 2 aromatic rings. The maximum absolute atomic E-state index is 13.2. The molecule has 1 aliphatic heterocycles. The van der Waals surface area contributed by atoms with Crippen LogP contribution in [0.15, 0.2) is 24.3 Å². The van der Waals surface area contributed by atoms with Crippen molar-refractivity contribution < 1.29 is 14.0 Å². The van der Waals surface area contributed by atoms with E-state index in [9.17, 15) is 14.0 Å². The summed E-state index contributed by atoms with van der Waals surface area (Å²) >= 11 is 1.18. The highest BCUT2D eigenvalue weighted by molar-refractivity contribution is 7.13. The molecule has 2 heterocycles. The summed E-state index contributed by atoms with van der Waals surface area (Å²) in [6.07, 6.45) is 2.24. The van der Waals surface area contributed by atoms with Crippen LogP contribution < -0.4 is 5.32 Å². The zero-order valence-electron chi connectivity index (χ0n) is 14.7. The predicted molar refractivity (Wildman–Crippen MR) is 97.4 cm³/mol. The molecule has 0 aliphatic carbocycles. The first-order valence-corrected chi connectivity index (χ1v) is 9.45. The Morgan fingerprint density at radius 1 is 1.38 bits per heavy atom. The Hall–Kier alpha value is -2.35. The number of carbonyl (C=O) groups excluding carboxylic acids is 2. The quantitative estimate of drug-likeness (QED) is 0.864. The summed E-state index contributed by atoms with van der Waals surface area (Å²) < 4.78 is 13.2. The molecule has 0 bridgehead atoms. The van der Waals surface area contributed by atoms with E-state index in [1.165, 1.54) is 29.5 Å². The van der Waals surface area contributed by atoms with E-state index < -0.39 is 11.7 Å². The van der Waals surface area contributed by atoms with Crippen molar-refractivity contribution in [2.45, 2.75) is 39.2 Å². The van der Waals surface area contributed by atoms with Gasteiger partial charge in [0.15, 0.2) is 0 Å². The lowest BCUT2D eigenvalue weighted by atomic mass is 10.1. The van der Waals surface area contributed by atoms with Gasteiger partial charge in [-0.25, -0.2) is 4.39 Å². The van der Waals surface area contributed by atoms with Crippen LogP contribution in [0.5, 0.6) is 0 Å². The Bertz CT molecular complexity index is 808. The fraction of sp³-hybridized carbons (Fsp3) is 0.444. The molecule has 3 rings (SSSR count). The summed E-state index contributed by atoms with van der Waals surface area (Å²) in [5, 5.41) is 11.6. The molecule has 0 spiro atoms. The molecule has 6 nitrogen and oxygen atoms in total. The van der Waals surface area contributed by atoms with Gasteiger partial charge in [0.2, 0.25) is 10.9 Å². The lowest BCUT2D eigenvalue weighted by Gasteiger charge is -2.23. The zero-order valence-corrected chi connectivity index (χ0v) is 15.6. The second kappa shape index (κ2) is 7.90. The number of aromatic nitrogens is 2. The largest absolute Gasteiger partial charge is 0.333 e. The Morgan fingerprint density at radius 3 is 2.92 bits per heavy atom. The highest BCUT2D eigenvalue weighted by atomic mass is 32.1. The van der Waals surface area contributed by atoms with Crippen molar-refractivity contribution in [2.24, 2.45) is 5.92 Å². The van der Waals surface area contributed by atoms with Crippen molar-refractivity contribution in [3.05, 3.63) is 40.1 Å². The third kappa shape index (κ3) is 4.24. The summed E-state index contributed by atoms with van der Waals surface area (Å²) in [4.78, 5) is 26.6. The van der Waals surface area contributed by atoms with Crippen LogP contribution in [0.25, 0.3) is 0 Å². The third-order valence-electron chi connectivity index (χ3n) is 4.16. The smallest absolute Gasteiger partial charge is 0.286 e. The Labute approximate surface area is 155 Å². The van der Waals surface area contributed by atoms with Gasteiger partial charge in [0.25, 0.3) is 5.91 Å². The highest BCUT2D eigenvalue weighted by Gasteiger charge is 2.33. The van der Waals surface area contributed by atoms with E-state index in [0.29, 0.717) is 29.6 Å². The molecule has 0 saturated carbocycles. The molecule has 1 fully saturated rings. The topological polar surface area (TPSA) is 75.2 Å². The second-order valence-corrected chi connectivity index (χ2v) is 7.76. The van der Waals surface area contributed by atoms with E-state index in [2.05, 4.69) is 15.5 Å². The summed E-state index contributed by atoms with van der Waals surface area (Å²) in [6.45, 7) is 4.74. The number of nitrogens with one attached hydrogen (secondary N) is 1. The number of hydrogen-bond acceptors (Lipinski definition) is 5. The van der Waals surface area contributed by atoms with Crippen LogP contribution in [0.4, 0.5) is 10.1 Å². The van der Waals surface area contributed by atoms with Gasteiger partial charge in [-0.05, 0) is 37.0 Å². The standard InChI is InChI=1S/C18H21FN4O2S/c1-11(2)9-15(24)23-8-4-7-14(23)17-21-22-18(26-17)16(25)20-13-6-3-5-12(19)10-13/h3,5-6,10-11,14H,4,7-9H2,1-2H3,(H,20,25)/t14-/m0/s1. The average molecular weight is 376 g/mol. The molecule has 1 aliphatic rings. The number of carbonyl (C=O) groups is 2. The molecule has 8 heteroatoms. The van der Waals surface area contributed by atoms with Crippen LogP contribution in [0.1, 0.15) is 54.0 Å². The zero-order chi connectivity index (χ0) is 18.7. The molecule has 26 heavy (non-hydrogen) atoms. The number of hydrogen-bond donors (Lipinski definition) is 1. The molecule has 2 amide bonds. The molecule has 0 radical (unpaired) electrons. The SMILES string of the molecule is CC(C)CC(=O)N1CCC[C@H]1c1nnc(C(=O)Nc2cccc(F)c2)s1. The first kappa shape index (κ1) is 18.4. The van der Waals surface area contributed by atoms with Crippen molar-refractivity contribution in [3.63, 3.8) is 0 Å². The van der Waals surface area contributed by atoms with Gasteiger partial charge < -0.3 is 10.2 Å². The van der Waals surface area contributed by atoms with E-state index in [-0.39, 0.29) is 17.0 Å². The molecule has 1 atom stereocenters. The molecular weight excluding hydrogens is 355 g/mol. The maximum Gasteiger partial charge on any atom is 0.286 e. The van der Waals surface area contributed by atoms with E-state index in [0.717, 1.165) is 12.8 Å². The van der Waals surface area contributed by atoms with Crippen LogP contribution in [0.2, 0.25) is 0 Å². The number of anilines is 1. The summed E-state index contributed by atoms with van der Waals surface area (Å²) in [7, 11) is 0. The monoisotopic (exact) mass is 376 g/mol. The molecule has 0 unspecified atom stereocenters. The highest BCUT2D eigenvalue weighted by Crippen LogP contribution is 2.34. The minimum Gasteiger partial charge on any atom is -0.333 e. The van der Waals surface area contributed by atoms with Gasteiger partial charge in [-0.3, -0.25) is 9.59 Å². The van der Waals surface area contributed by atoms with Crippen LogP contribution in [-0.4, -0.2) is 33.5 Å². The number of benzene rings is 1. The van der Waals surface area contributed by atoms with Crippen molar-refractivity contribution in [3.8, 4) is 0 Å². The molecule has 138 valence electrons. The number of amides is 2. The summed E-state index contributed by atoms with van der Waals surface area (Å²) in [5.41, 5.74) is 0.362. The lowest BCUT2D eigenvalue weighted by Crippen LogP contribution is -2.31. The van der Waals surface area contributed by atoms with Crippen LogP contribution in [0, 0.1) is 11.7 Å². The van der Waals surface area contributed by atoms with Crippen molar-refractivity contribution >= 4 is 28.8 Å². The van der Waals surface area contributed by atoms with Crippen molar-refractivity contribution in [1.29, 1.82) is 0 Å². The van der Waals surface area contributed by atoms with Crippen LogP contribution in [-0.2, 0) is 4.79 Å². The molecule has 1 aromatic carbocycles. The van der Waals surface area contributed by atoms with Crippen molar-refractivity contribution in [1.82, 2.24) is 15.1 Å². The summed E-state index contributed by atoms with van der Waals surface area (Å²) in [6, 6.07) is 5.55. The molecular formula is C18H21FN4O2S. The lowest BCUT2D eigenvalue weighted by molar-refractivity contribution is -0.132. The second-order valence-electron chi connectivity index (χ2n) is 6.75. The first-order chi connectivity index (χ1) is 12.4. The number of nitrogens with zero attached hydrogens (tertiary/aromatic N) is 3. The van der Waals surface area contributed by atoms with E-state index >= 15 is 0 Å². The maximum atomic E-state index is 13.2.